The van der Waals surface area contributed by atoms with E-state index in [9.17, 15) is 10.1 Å². The Morgan fingerprint density at radius 3 is 2.84 bits per heavy atom. The van der Waals surface area contributed by atoms with Crippen molar-refractivity contribution in [2.75, 3.05) is 19.0 Å². The van der Waals surface area contributed by atoms with Crippen molar-refractivity contribution in [3.05, 3.63) is 28.3 Å². The largest absolute Gasteiger partial charge is 0.497 e. The van der Waals surface area contributed by atoms with Crippen molar-refractivity contribution in [3.63, 3.8) is 0 Å². The molecule has 1 N–H and O–H groups in total. The fourth-order valence-electron chi connectivity index (χ4n) is 2.21. The third-order valence-electron chi connectivity index (χ3n) is 3.71. The van der Waals surface area contributed by atoms with Gasteiger partial charge in [-0.15, -0.1) is 0 Å². The fraction of sp³-hybridized carbons (Fsp3) is 0.538. The summed E-state index contributed by atoms with van der Waals surface area (Å²) in [4.78, 5) is 10.7. The summed E-state index contributed by atoms with van der Waals surface area (Å²) in [6, 6.07) is 4.68. The van der Waals surface area contributed by atoms with Crippen molar-refractivity contribution in [1.29, 1.82) is 0 Å². The monoisotopic (exact) mass is 266 g/mol. The summed E-state index contributed by atoms with van der Waals surface area (Å²) < 4.78 is 10.7. The smallest absolute Gasteiger partial charge is 0.292 e. The van der Waals surface area contributed by atoms with Crippen molar-refractivity contribution in [1.82, 2.24) is 0 Å². The number of benzene rings is 1. The van der Waals surface area contributed by atoms with Crippen molar-refractivity contribution in [2.45, 2.75) is 31.9 Å². The molecule has 1 aliphatic heterocycles. The standard InChI is InChI=1S/C13H18N2O4/c1-9-13(2,6-7-19-9)14-11-8-10(18-3)4-5-12(11)15(16)17/h4-5,8-9,14H,6-7H2,1-3H3. The van der Waals surface area contributed by atoms with Crippen molar-refractivity contribution in [3.8, 4) is 5.75 Å². The minimum Gasteiger partial charge on any atom is -0.497 e. The molecular formula is C13H18N2O4. The van der Waals surface area contributed by atoms with Gasteiger partial charge in [0.1, 0.15) is 11.4 Å². The van der Waals surface area contributed by atoms with Gasteiger partial charge >= 0.3 is 0 Å². The number of nitrogens with one attached hydrogen (secondary N) is 1. The molecule has 1 aromatic carbocycles. The van der Waals surface area contributed by atoms with Crippen LogP contribution in [0, 0.1) is 10.1 Å². The number of anilines is 1. The van der Waals surface area contributed by atoms with E-state index in [1.807, 2.05) is 13.8 Å². The molecule has 0 spiro atoms. The van der Waals surface area contributed by atoms with Crippen LogP contribution in [0.2, 0.25) is 0 Å². The zero-order valence-electron chi connectivity index (χ0n) is 11.3. The lowest BCUT2D eigenvalue weighted by atomic mass is 9.94. The van der Waals surface area contributed by atoms with Gasteiger partial charge in [-0.2, -0.15) is 0 Å². The second-order valence-electron chi connectivity index (χ2n) is 4.95. The molecule has 104 valence electrons. The molecule has 2 unspecified atom stereocenters. The Morgan fingerprint density at radius 2 is 2.32 bits per heavy atom. The van der Waals surface area contributed by atoms with Crippen LogP contribution in [0.4, 0.5) is 11.4 Å². The molecule has 1 heterocycles. The predicted octanol–water partition coefficient (Wildman–Crippen LogP) is 2.58. The maximum Gasteiger partial charge on any atom is 0.292 e. The van der Waals surface area contributed by atoms with E-state index in [0.29, 0.717) is 18.0 Å². The summed E-state index contributed by atoms with van der Waals surface area (Å²) in [5.74, 6) is 0.586. The number of rotatable bonds is 4. The van der Waals surface area contributed by atoms with Gasteiger partial charge in [-0.05, 0) is 26.3 Å². The second kappa shape index (κ2) is 5.05. The Morgan fingerprint density at radius 1 is 1.58 bits per heavy atom. The van der Waals surface area contributed by atoms with Crippen LogP contribution in [0.5, 0.6) is 5.75 Å². The van der Waals surface area contributed by atoms with Crippen LogP contribution in [0.3, 0.4) is 0 Å². The van der Waals surface area contributed by atoms with Gasteiger partial charge in [0.15, 0.2) is 0 Å². The highest BCUT2D eigenvalue weighted by atomic mass is 16.6. The van der Waals surface area contributed by atoms with E-state index in [4.69, 9.17) is 9.47 Å². The maximum atomic E-state index is 11.1. The van der Waals surface area contributed by atoms with Gasteiger partial charge in [0.2, 0.25) is 0 Å². The summed E-state index contributed by atoms with van der Waals surface area (Å²) >= 11 is 0. The number of methoxy groups -OCH3 is 1. The van der Waals surface area contributed by atoms with Crippen molar-refractivity contribution in [2.24, 2.45) is 0 Å². The van der Waals surface area contributed by atoms with Gasteiger partial charge < -0.3 is 14.8 Å². The Balaban J connectivity index is 2.34. The Bertz CT molecular complexity index is 492. The maximum absolute atomic E-state index is 11.1. The van der Waals surface area contributed by atoms with E-state index in [2.05, 4.69) is 5.32 Å². The van der Waals surface area contributed by atoms with Gasteiger partial charge in [-0.1, -0.05) is 0 Å². The molecule has 2 atom stereocenters. The minimum absolute atomic E-state index is 0.00157. The highest BCUT2D eigenvalue weighted by Gasteiger charge is 2.38. The lowest BCUT2D eigenvalue weighted by Gasteiger charge is -2.30. The van der Waals surface area contributed by atoms with Crippen LogP contribution in [0.15, 0.2) is 18.2 Å². The first-order valence-electron chi connectivity index (χ1n) is 6.18. The number of hydrogen-bond donors (Lipinski definition) is 1. The number of nitro groups is 1. The molecule has 0 aromatic heterocycles. The van der Waals surface area contributed by atoms with E-state index >= 15 is 0 Å². The topological polar surface area (TPSA) is 73.6 Å². The minimum atomic E-state index is -0.397. The molecule has 0 radical (unpaired) electrons. The molecule has 19 heavy (non-hydrogen) atoms. The average molecular weight is 266 g/mol. The van der Waals surface area contributed by atoms with Gasteiger partial charge in [0.05, 0.1) is 23.7 Å². The summed E-state index contributed by atoms with van der Waals surface area (Å²) in [7, 11) is 1.54. The zero-order valence-corrected chi connectivity index (χ0v) is 11.3. The average Bonchev–Trinajstić information content (AvgIpc) is 2.68. The number of hydrogen-bond acceptors (Lipinski definition) is 5. The van der Waals surface area contributed by atoms with Gasteiger partial charge in [0.25, 0.3) is 5.69 Å². The Labute approximate surface area is 111 Å². The van der Waals surface area contributed by atoms with Crippen LogP contribution in [0.1, 0.15) is 20.3 Å². The Hall–Kier alpha value is -1.82. The summed E-state index contributed by atoms with van der Waals surface area (Å²) in [5, 5.41) is 14.3. The Kier molecular flexibility index (Phi) is 3.61. The van der Waals surface area contributed by atoms with E-state index in [-0.39, 0.29) is 17.3 Å². The van der Waals surface area contributed by atoms with Gasteiger partial charge in [0, 0.05) is 18.7 Å². The third-order valence-corrected chi connectivity index (χ3v) is 3.71. The highest BCUT2D eigenvalue weighted by Crippen LogP contribution is 2.35. The third kappa shape index (κ3) is 2.63. The molecule has 1 fully saturated rings. The van der Waals surface area contributed by atoms with Crippen molar-refractivity contribution < 1.29 is 14.4 Å². The molecule has 2 rings (SSSR count). The molecule has 0 saturated carbocycles. The molecule has 6 nitrogen and oxygen atoms in total. The van der Waals surface area contributed by atoms with E-state index in [1.54, 1.807) is 12.1 Å². The molecular weight excluding hydrogens is 248 g/mol. The summed E-state index contributed by atoms with van der Waals surface area (Å²) in [6.07, 6.45) is 0.806. The lowest BCUT2D eigenvalue weighted by Crippen LogP contribution is -2.41. The normalized spacial score (nSPS) is 26.2. The van der Waals surface area contributed by atoms with Crippen molar-refractivity contribution >= 4 is 11.4 Å². The van der Waals surface area contributed by atoms with Crippen LogP contribution >= 0.6 is 0 Å². The van der Waals surface area contributed by atoms with Crippen LogP contribution < -0.4 is 10.1 Å². The first kappa shape index (κ1) is 13.6. The lowest BCUT2D eigenvalue weighted by molar-refractivity contribution is -0.384. The summed E-state index contributed by atoms with van der Waals surface area (Å²) in [6.45, 7) is 4.63. The zero-order chi connectivity index (χ0) is 14.0. The number of ether oxygens (including phenoxy) is 2. The number of nitrogens with zero attached hydrogens (tertiary/aromatic N) is 1. The molecule has 1 aliphatic rings. The number of nitro benzene ring substituents is 1. The first-order valence-corrected chi connectivity index (χ1v) is 6.18. The molecule has 0 bridgehead atoms. The van der Waals surface area contributed by atoms with E-state index in [0.717, 1.165) is 6.42 Å². The molecule has 0 aliphatic carbocycles. The summed E-state index contributed by atoms with van der Waals surface area (Å²) in [5.41, 5.74) is 0.197. The quantitative estimate of drug-likeness (QED) is 0.669. The molecule has 1 saturated heterocycles. The van der Waals surface area contributed by atoms with Gasteiger partial charge in [-0.25, -0.2) is 0 Å². The predicted molar refractivity (Wildman–Crippen MR) is 71.7 cm³/mol. The van der Waals surface area contributed by atoms with Crippen LogP contribution in [0.25, 0.3) is 0 Å². The van der Waals surface area contributed by atoms with Gasteiger partial charge in [-0.3, -0.25) is 10.1 Å². The second-order valence-corrected chi connectivity index (χ2v) is 4.95. The SMILES string of the molecule is COc1ccc([N+](=O)[O-])c(NC2(C)CCOC2C)c1. The fourth-order valence-corrected chi connectivity index (χ4v) is 2.21. The van der Waals surface area contributed by atoms with E-state index < -0.39 is 4.92 Å². The molecule has 6 heteroatoms. The first-order chi connectivity index (χ1) is 8.96. The van der Waals surface area contributed by atoms with Crippen LogP contribution in [-0.2, 0) is 4.74 Å². The molecule has 1 aromatic rings. The highest BCUT2D eigenvalue weighted by molar-refractivity contribution is 5.65. The van der Waals surface area contributed by atoms with E-state index in [1.165, 1.54) is 13.2 Å². The van der Waals surface area contributed by atoms with Crippen LogP contribution in [-0.4, -0.2) is 30.3 Å². The molecule has 0 amide bonds.